The van der Waals surface area contributed by atoms with Crippen molar-refractivity contribution >= 4 is 11.6 Å². The van der Waals surface area contributed by atoms with Crippen molar-refractivity contribution in [3.8, 4) is 0 Å². The summed E-state index contributed by atoms with van der Waals surface area (Å²) in [5.74, 6) is 0.0200. The van der Waals surface area contributed by atoms with E-state index in [4.69, 9.17) is 0 Å². The SMILES string of the molecule is Cc1c(CNC(=O)C2CCNc3ccccc32)cnn1C. The second-order valence-corrected chi connectivity index (χ2v) is 5.45. The molecule has 1 atom stereocenters. The molecule has 2 aromatic rings. The van der Waals surface area contributed by atoms with Crippen molar-refractivity contribution in [2.75, 3.05) is 11.9 Å². The van der Waals surface area contributed by atoms with Crippen LogP contribution in [0.2, 0.25) is 0 Å². The smallest absolute Gasteiger partial charge is 0.227 e. The number of aryl methyl sites for hydroxylation is 1. The van der Waals surface area contributed by atoms with Crippen LogP contribution >= 0.6 is 0 Å². The third-order valence-corrected chi connectivity index (χ3v) is 4.19. The first-order chi connectivity index (χ1) is 10.2. The minimum absolute atomic E-state index is 0.0700. The van der Waals surface area contributed by atoms with Crippen LogP contribution in [0, 0.1) is 6.92 Å². The molecule has 21 heavy (non-hydrogen) atoms. The highest BCUT2D eigenvalue weighted by atomic mass is 16.1. The molecule has 2 N–H and O–H groups in total. The average Bonchev–Trinajstić information content (AvgIpc) is 2.84. The maximum Gasteiger partial charge on any atom is 0.227 e. The van der Waals surface area contributed by atoms with Gasteiger partial charge >= 0.3 is 0 Å². The lowest BCUT2D eigenvalue weighted by atomic mass is 9.90. The van der Waals surface area contributed by atoms with E-state index < -0.39 is 0 Å². The molecule has 0 aliphatic carbocycles. The summed E-state index contributed by atoms with van der Waals surface area (Å²) in [6.07, 6.45) is 2.64. The van der Waals surface area contributed by atoms with Crippen molar-refractivity contribution in [3.63, 3.8) is 0 Å². The molecular formula is C16H20N4O. The van der Waals surface area contributed by atoms with E-state index in [1.807, 2.05) is 49.1 Å². The Balaban J connectivity index is 1.71. The molecule has 1 aliphatic rings. The Kier molecular flexibility index (Phi) is 3.64. The zero-order valence-corrected chi connectivity index (χ0v) is 12.4. The standard InChI is InChI=1S/C16H20N4O/c1-11-12(10-19-20(11)2)9-18-16(21)14-7-8-17-15-6-4-3-5-13(14)15/h3-6,10,14,17H,7-9H2,1-2H3,(H,18,21). The minimum atomic E-state index is -0.0700. The van der Waals surface area contributed by atoms with Crippen molar-refractivity contribution in [3.05, 3.63) is 47.3 Å². The molecule has 0 fully saturated rings. The van der Waals surface area contributed by atoms with Crippen LogP contribution in [0.25, 0.3) is 0 Å². The predicted molar refractivity (Wildman–Crippen MR) is 82.1 cm³/mol. The molecule has 5 heteroatoms. The number of rotatable bonds is 3. The lowest BCUT2D eigenvalue weighted by molar-refractivity contribution is -0.122. The van der Waals surface area contributed by atoms with Crippen LogP contribution < -0.4 is 10.6 Å². The van der Waals surface area contributed by atoms with Crippen LogP contribution in [0.4, 0.5) is 5.69 Å². The molecule has 0 bridgehead atoms. The third-order valence-electron chi connectivity index (χ3n) is 4.19. The Hall–Kier alpha value is -2.30. The summed E-state index contributed by atoms with van der Waals surface area (Å²) in [5.41, 5.74) is 4.31. The van der Waals surface area contributed by atoms with E-state index >= 15 is 0 Å². The second-order valence-electron chi connectivity index (χ2n) is 5.45. The van der Waals surface area contributed by atoms with Gasteiger partial charge in [0.15, 0.2) is 0 Å². The van der Waals surface area contributed by atoms with Gasteiger partial charge in [0, 0.05) is 37.1 Å². The van der Waals surface area contributed by atoms with Gasteiger partial charge in [-0.2, -0.15) is 5.10 Å². The molecule has 0 spiro atoms. The maximum atomic E-state index is 12.5. The van der Waals surface area contributed by atoms with Crippen LogP contribution in [0.5, 0.6) is 0 Å². The Morgan fingerprint density at radius 2 is 2.29 bits per heavy atom. The third kappa shape index (κ3) is 2.63. The highest BCUT2D eigenvalue weighted by Crippen LogP contribution is 2.31. The van der Waals surface area contributed by atoms with E-state index in [9.17, 15) is 4.79 Å². The van der Waals surface area contributed by atoms with Gasteiger partial charge in [0.05, 0.1) is 12.1 Å². The Morgan fingerprint density at radius 3 is 3.05 bits per heavy atom. The first-order valence-electron chi connectivity index (χ1n) is 7.25. The van der Waals surface area contributed by atoms with Gasteiger partial charge in [-0.1, -0.05) is 18.2 Å². The van der Waals surface area contributed by atoms with Gasteiger partial charge in [-0.15, -0.1) is 0 Å². The van der Waals surface area contributed by atoms with Crippen LogP contribution in [0.1, 0.15) is 29.2 Å². The van der Waals surface area contributed by atoms with E-state index in [0.717, 1.165) is 35.5 Å². The maximum absolute atomic E-state index is 12.5. The molecule has 1 aromatic heterocycles. The minimum Gasteiger partial charge on any atom is -0.385 e. The summed E-state index contributed by atoms with van der Waals surface area (Å²) in [7, 11) is 1.91. The van der Waals surface area contributed by atoms with Crippen molar-refractivity contribution < 1.29 is 4.79 Å². The van der Waals surface area contributed by atoms with Crippen molar-refractivity contribution in [2.24, 2.45) is 7.05 Å². The fourth-order valence-electron chi connectivity index (χ4n) is 2.76. The summed E-state index contributed by atoms with van der Waals surface area (Å²) in [6.45, 7) is 3.37. The summed E-state index contributed by atoms with van der Waals surface area (Å²) < 4.78 is 1.82. The summed E-state index contributed by atoms with van der Waals surface area (Å²) in [5, 5.41) is 10.6. The molecule has 110 valence electrons. The van der Waals surface area contributed by atoms with E-state index in [1.165, 1.54) is 0 Å². The zero-order chi connectivity index (χ0) is 14.8. The van der Waals surface area contributed by atoms with Crippen molar-refractivity contribution in [2.45, 2.75) is 25.8 Å². The number of amides is 1. The molecule has 3 rings (SSSR count). The highest BCUT2D eigenvalue weighted by Gasteiger charge is 2.25. The monoisotopic (exact) mass is 284 g/mol. The average molecular weight is 284 g/mol. The lowest BCUT2D eigenvalue weighted by Gasteiger charge is -2.25. The Bertz CT molecular complexity index is 662. The van der Waals surface area contributed by atoms with Gasteiger partial charge < -0.3 is 10.6 Å². The van der Waals surface area contributed by atoms with Crippen LogP contribution in [0.15, 0.2) is 30.5 Å². The molecule has 1 amide bonds. The van der Waals surface area contributed by atoms with E-state index in [1.54, 1.807) is 0 Å². The fourth-order valence-corrected chi connectivity index (χ4v) is 2.76. The molecule has 1 aromatic carbocycles. The highest BCUT2D eigenvalue weighted by molar-refractivity contribution is 5.86. The molecule has 0 radical (unpaired) electrons. The van der Waals surface area contributed by atoms with Crippen molar-refractivity contribution in [1.29, 1.82) is 0 Å². The summed E-state index contributed by atoms with van der Waals surface area (Å²) in [4.78, 5) is 12.5. The van der Waals surface area contributed by atoms with Gasteiger partial charge in [0.1, 0.15) is 0 Å². The summed E-state index contributed by atoms with van der Waals surface area (Å²) >= 11 is 0. The zero-order valence-electron chi connectivity index (χ0n) is 12.4. The number of nitrogens with zero attached hydrogens (tertiary/aromatic N) is 2. The largest absolute Gasteiger partial charge is 0.385 e. The Labute approximate surface area is 124 Å². The molecule has 5 nitrogen and oxygen atoms in total. The quantitative estimate of drug-likeness (QED) is 0.905. The number of carbonyl (C=O) groups excluding carboxylic acids is 1. The first kappa shape index (κ1) is 13.7. The topological polar surface area (TPSA) is 59.0 Å². The first-order valence-corrected chi connectivity index (χ1v) is 7.25. The number of benzene rings is 1. The van der Waals surface area contributed by atoms with Crippen molar-refractivity contribution in [1.82, 2.24) is 15.1 Å². The fraction of sp³-hybridized carbons (Fsp3) is 0.375. The van der Waals surface area contributed by atoms with Gasteiger partial charge in [0.2, 0.25) is 5.91 Å². The van der Waals surface area contributed by atoms with E-state index in [2.05, 4.69) is 15.7 Å². The molecule has 1 unspecified atom stereocenters. The molecule has 1 aliphatic heterocycles. The lowest BCUT2D eigenvalue weighted by Crippen LogP contribution is -2.32. The molecule has 0 saturated carbocycles. The van der Waals surface area contributed by atoms with Gasteiger partial charge in [-0.05, 0) is 25.0 Å². The van der Waals surface area contributed by atoms with Crippen LogP contribution in [0.3, 0.4) is 0 Å². The second kappa shape index (κ2) is 5.60. The Morgan fingerprint density at radius 1 is 1.48 bits per heavy atom. The van der Waals surface area contributed by atoms with Crippen LogP contribution in [-0.2, 0) is 18.4 Å². The van der Waals surface area contributed by atoms with Gasteiger partial charge in [-0.25, -0.2) is 0 Å². The van der Waals surface area contributed by atoms with Crippen LogP contribution in [-0.4, -0.2) is 22.2 Å². The molecular weight excluding hydrogens is 264 g/mol. The summed E-state index contributed by atoms with van der Waals surface area (Å²) in [6, 6.07) is 8.03. The number of aromatic nitrogens is 2. The van der Waals surface area contributed by atoms with Gasteiger partial charge in [0.25, 0.3) is 0 Å². The van der Waals surface area contributed by atoms with E-state index in [-0.39, 0.29) is 11.8 Å². The molecule has 2 heterocycles. The predicted octanol–water partition coefficient (Wildman–Crippen LogP) is 1.94. The normalized spacial score (nSPS) is 17.0. The molecule has 0 saturated heterocycles. The number of hydrogen-bond acceptors (Lipinski definition) is 3. The number of para-hydroxylation sites is 1. The number of anilines is 1. The number of fused-ring (bicyclic) bond motifs is 1. The van der Waals surface area contributed by atoms with Gasteiger partial charge in [-0.3, -0.25) is 9.48 Å². The van der Waals surface area contributed by atoms with E-state index in [0.29, 0.717) is 6.54 Å². The number of nitrogens with one attached hydrogen (secondary N) is 2. The number of hydrogen-bond donors (Lipinski definition) is 2. The number of carbonyl (C=O) groups is 1.